The first-order chi connectivity index (χ1) is 23.0. The second-order valence-corrected chi connectivity index (χ2v) is 12.3. The van der Waals surface area contributed by atoms with E-state index in [1.54, 1.807) is 35.4 Å². The molecule has 4 heterocycles. The van der Waals surface area contributed by atoms with Gasteiger partial charge < -0.3 is 23.9 Å². The minimum absolute atomic E-state index is 0.130. The minimum Gasteiger partial charge on any atom is -0.486 e. The molecule has 3 aliphatic rings. The summed E-state index contributed by atoms with van der Waals surface area (Å²) < 4.78 is 22.4. The predicted molar refractivity (Wildman–Crippen MR) is 176 cm³/mol. The number of nitrogens with zero attached hydrogens (tertiary/aromatic N) is 3. The van der Waals surface area contributed by atoms with Crippen molar-refractivity contribution < 1.29 is 33.0 Å². The molecular formula is C35H32N4O7S. The first kappa shape index (κ1) is 30.4. The highest BCUT2D eigenvalue weighted by atomic mass is 32.2. The molecule has 1 unspecified atom stereocenters. The zero-order valence-electron chi connectivity index (χ0n) is 25.4. The zero-order valence-corrected chi connectivity index (χ0v) is 26.2. The molecule has 0 aliphatic carbocycles. The van der Waals surface area contributed by atoms with E-state index in [1.165, 1.54) is 16.7 Å². The second kappa shape index (κ2) is 13.6. The summed E-state index contributed by atoms with van der Waals surface area (Å²) in [5, 5.41) is 2.91. The molecule has 2 saturated heterocycles. The van der Waals surface area contributed by atoms with Gasteiger partial charge in [-0.1, -0.05) is 54.2 Å². The number of fused-ring (bicyclic) bond motifs is 1. The molecule has 4 aromatic rings. The molecule has 3 aliphatic heterocycles. The summed E-state index contributed by atoms with van der Waals surface area (Å²) in [5.41, 5.74) is 2.85. The third-order valence-electron chi connectivity index (χ3n) is 8.07. The molecule has 2 fully saturated rings. The lowest BCUT2D eigenvalue weighted by atomic mass is 10.1. The fraction of sp³-hybridized carbons (Fsp3) is 0.257. The van der Waals surface area contributed by atoms with E-state index in [2.05, 4.69) is 5.32 Å². The van der Waals surface area contributed by atoms with E-state index in [9.17, 15) is 14.4 Å². The van der Waals surface area contributed by atoms with Gasteiger partial charge in [-0.2, -0.15) is 0 Å². The Kier molecular flexibility index (Phi) is 8.83. The number of likely N-dealkylation sites (tertiary alicyclic amines) is 1. The van der Waals surface area contributed by atoms with Crippen LogP contribution >= 0.6 is 11.8 Å². The van der Waals surface area contributed by atoms with Crippen LogP contribution in [0.4, 0.5) is 16.2 Å². The van der Waals surface area contributed by atoms with Crippen LogP contribution < -0.4 is 14.8 Å². The Morgan fingerprint density at radius 2 is 1.77 bits per heavy atom. The monoisotopic (exact) mass is 652 g/mol. The number of amidine groups is 1. The number of anilines is 1. The van der Waals surface area contributed by atoms with Crippen LogP contribution in [0.25, 0.3) is 0 Å². The quantitative estimate of drug-likeness (QED) is 0.236. The van der Waals surface area contributed by atoms with Crippen LogP contribution in [-0.4, -0.2) is 58.7 Å². The third-order valence-corrected chi connectivity index (χ3v) is 9.30. The first-order valence-corrected chi connectivity index (χ1v) is 16.3. The summed E-state index contributed by atoms with van der Waals surface area (Å²) in [6.45, 7) is 1.79. The second-order valence-electron chi connectivity index (χ2n) is 11.2. The summed E-state index contributed by atoms with van der Waals surface area (Å²) in [4.78, 5) is 47.7. The fourth-order valence-electron chi connectivity index (χ4n) is 5.70. The van der Waals surface area contributed by atoms with Crippen LogP contribution in [-0.2, 0) is 27.5 Å². The Bertz CT molecular complexity index is 1780. The summed E-state index contributed by atoms with van der Waals surface area (Å²) >= 11 is 1.35. The molecular weight excluding hydrogens is 620 g/mol. The van der Waals surface area contributed by atoms with Crippen molar-refractivity contribution in [2.45, 2.75) is 37.3 Å². The molecule has 0 saturated carbocycles. The van der Waals surface area contributed by atoms with Gasteiger partial charge in [-0.3, -0.25) is 19.4 Å². The van der Waals surface area contributed by atoms with Gasteiger partial charge in [0, 0.05) is 18.3 Å². The molecule has 12 heteroatoms. The number of ether oxygens (including phenoxy) is 3. The molecule has 0 bridgehead atoms. The van der Waals surface area contributed by atoms with E-state index in [1.807, 2.05) is 60.7 Å². The van der Waals surface area contributed by atoms with Gasteiger partial charge >= 0.3 is 6.09 Å². The number of thioether (sulfide) groups is 1. The van der Waals surface area contributed by atoms with Crippen LogP contribution in [0.3, 0.4) is 0 Å². The molecule has 1 aromatic heterocycles. The van der Waals surface area contributed by atoms with E-state index in [0.29, 0.717) is 66.4 Å². The normalized spacial score (nSPS) is 19.7. The maximum Gasteiger partial charge on any atom is 0.410 e. The number of amides is 3. The minimum atomic E-state index is -0.626. The van der Waals surface area contributed by atoms with Gasteiger partial charge in [-0.15, -0.1) is 0 Å². The van der Waals surface area contributed by atoms with Crippen molar-refractivity contribution >= 4 is 46.2 Å². The van der Waals surface area contributed by atoms with Gasteiger partial charge in [0.15, 0.2) is 16.7 Å². The lowest BCUT2D eigenvalue weighted by Crippen LogP contribution is -2.43. The number of hydrogen-bond acceptors (Lipinski definition) is 9. The van der Waals surface area contributed by atoms with Gasteiger partial charge in [0.25, 0.3) is 0 Å². The largest absolute Gasteiger partial charge is 0.486 e. The van der Waals surface area contributed by atoms with Crippen LogP contribution in [0.15, 0.2) is 101 Å². The summed E-state index contributed by atoms with van der Waals surface area (Å²) in [6.07, 6.45) is 2.33. The Hall–Kier alpha value is -5.23. The summed E-state index contributed by atoms with van der Waals surface area (Å²) in [5.74, 6) is 1.50. The fourth-order valence-corrected chi connectivity index (χ4v) is 6.87. The molecule has 1 N–H and O–H groups in total. The van der Waals surface area contributed by atoms with Crippen molar-refractivity contribution in [2.75, 3.05) is 25.1 Å². The van der Waals surface area contributed by atoms with Gasteiger partial charge in [0.1, 0.15) is 36.9 Å². The van der Waals surface area contributed by atoms with Gasteiger partial charge in [0.05, 0.1) is 18.5 Å². The summed E-state index contributed by atoms with van der Waals surface area (Å²) in [7, 11) is 0. The van der Waals surface area contributed by atoms with Crippen molar-refractivity contribution in [1.82, 2.24) is 9.80 Å². The summed E-state index contributed by atoms with van der Waals surface area (Å²) in [6, 6.07) is 25.0. The van der Waals surface area contributed by atoms with Crippen molar-refractivity contribution in [3.63, 3.8) is 0 Å². The molecule has 0 spiro atoms. The average Bonchev–Trinajstić information content (AvgIpc) is 3.87. The number of carbonyl (C=O) groups is 3. The SMILES string of the molecule is O=C(Nc1ccc(C2SC(=Nc3ccc4c(c3)OCCO4)N(Cc3ccco3)C2=O)cc1)[C@@H]1CCCN1C(=O)OCc1ccccc1. The Morgan fingerprint density at radius 1 is 0.957 bits per heavy atom. The zero-order chi connectivity index (χ0) is 32.2. The number of nitrogens with one attached hydrogen (secondary N) is 1. The Labute approximate surface area is 275 Å². The molecule has 2 atom stereocenters. The molecule has 3 aromatic carbocycles. The van der Waals surface area contributed by atoms with Crippen molar-refractivity contribution in [3.8, 4) is 11.5 Å². The van der Waals surface area contributed by atoms with Gasteiger partial charge in [-0.05, 0) is 60.4 Å². The van der Waals surface area contributed by atoms with Gasteiger partial charge in [-0.25, -0.2) is 9.79 Å². The number of carbonyl (C=O) groups excluding carboxylic acids is 3. The number of furan rings is 1. The van der Waals surface area contributed by atoms with Crippen LogP contribution in [0.1, 0.15) is 35.0 Å². The van der Waals surface area contributed by atoms with E-state index >= 15 is 0 Å². The highest BCUT2D eigenvalue weighted by Crippen LogP contribution is 2.42. The molecule has 11 nitrogen and oxygen atoms in total. The molecule has 0 radical (unpaired) electrons. The maximum absolute atomic E-state index is 13.8. The van der Waals surface area contributed by atoms with Crippen LogP contribution in [0, 0.1) is 0 Å². The van der Waals surface area contributed by atoms with E-state index in [4.69, 9.17) is 23.6 Å². The van der Waals surface area contributed by atoms with Crippen LogP contribution in [0.5, 0.6) is 11.5 Å². The highest BCUT2D eigenvalue weighted by molar-refractivity contribution is 8.15. The van der Waals surface area contributed by atoms with Crippen molar-refractivity contribution in [2.24, 2.45) is 4.99 Å². The first-order valence-electron chi connectivity index (χ1n) is 15.4. The molecule has 240 valence electrons. The Balaban J connectivity index is 1.03. The maximum atomic E-state index is 13.8. The number of rotatable bonds is 8. The van der Waals surface area contributed by atoms with E-state index < -0.39 is 17.4 Å². The molecule has 47 heavy (non-hydrogen) atoms. The number of hydrogen-bond donors (Lipinski definition) is 1. The molecule has 3 amide bonds. The smallest absolute Gasteiger partial charge is 0.410 e. The lowest BCUT2D eigenvalue weighted by molar-refractivity contribution is -0.126. The average molecular weight is 653 g/mol. The predicted octanol–water partition coefficient (Wildman–Crippen LogP) is 6.29. The lowest BCUT2D eigenvalue weighted by Gasteiger charge is -2.23. The topological polar surface area (TPSA) is 123 Å². The van der Waals surface area contributed by atoms with E-state index in [0.717, 1.165) is 11.1 Å². The van der Waals surface area contributed by atoms with Crippen molar-refractivity contribution in [1.29, 1.82) is 0 Å². The Morgan fingerprint density at radius 3 is 2.55 bits per heavy atom. The third kappa shape index (κ3) is 6.82. The van der Waals surface area contributed by atoms with Crippen molar-refractivity contribution in [3.05, 3.63) is 108 Å². The number of aliphatic imine (C=N–C) groups is 1. The van der Waals surface area contributed by atoms with Crippen LogP contribution in [0.2, 0.25) is 0 Å². The number of benzene rings is 3. The standard InChI is InChI=1S/C35H32N4O7S/c40-32(28-9-4-16-38(28)35(42)46-22-23-6-2-1-3-7-23)36-25-12-10-24(11-13-25)31-33(41)39(21-27-8-5-17-43-27)34(47-31)37-26-14-15-29-30(20-26)45-19-18-44-29/h1-3,5-8,10-15,17,20,28,31H,4,9,16,18-19,21-22H2,(H,36,40)/t28-,31?/m0/s1. The highest BCUT2D eigenvalue weighted by Gasteiger charge is 2.40. The van der Waals surface area contributed by atoms with Gasteiger partial charge in [0.2, 0.25) is 11.8 Å². The molecule has 7 rings (SSSR count). The van der Waals surface area contributed by atoms with E-state index in [-0.39, 0.29) is 25.0 Å².